The molecule has 0 bridgehead atoms. The molecule has 4 heteroatoms. The van der Waals surface area contributed by atoms with E-state index in [2.05, 4.69) is 4.74 Å². The van der Waals surface area contributed by atoms with Crippen LogP contribution in [0, 0.1) is 5.92 Å². The maximum atomic E-state index is 11.0. The Balaban J connectivity index is 2.30. The van der Waals surface area contributed by atoms with Crippen molar-refractivity contribution in [1.82, 2.24) is 0 Å². The standard InChI is InChI=1S/C18H26O4/c1-14(8-7-11-18(20)21-3)17(19)12-15(2)22-13-16-9-5-4-6-10-16/h4-10,14-15,17,19H,11-13H2,1-3H3/b8-7+/t14?,15-,17?/m1/s1. The SMILES string of the molecule is COC(=O)C/C=C/C(C)C(O)C[C@@H](C)OCc1ccccc1. The molecule has 2 unspecified atom stereocenters. The Hall–Kier alpha value is -1.65. The third kappa shape index (κ3) is 7.38. The lowest BCUT2D eigenvalue weighted by molar-refractivity contribution is -0.139. The van der Waals surface area contributed by atoms with E-state index in [1.807, 2.05) is 50.3 Å². The highest BCUT2D eigenvalue weighted by Crippen LogP contribution is 2.14. The number of aliphatic hydroxyl groups is 1. The van der Waals surface area contributed by atoms with Crippen molar-refractivity contribution in [1.29, 1.82) is 0 Å². The second-order valence-corrected chi connectivity index (χ2v) is 5.48. The fraction of sp³-hybridized carbons (Fsp3) is 0.500. The smallest absolute Gasteiger partial charge is 0.309 e. The van der Waals surface area contributed by atoms with Crippen LogP contribution in [0.1, 0.15) is 32.3 Å². The van der Waals surface area contributed by atoms with E-state index >= 15 is 0 Å². The van der Waals surface area contributed by atoms with Gasteiger partial charge in [-0.1, -0.05) is 49.4 Å². The van der Waals surface area contributed by atoms with E-state index < -0.39 is 6.10 Å². The summed E-state index contributed by atoms with van der Waals surface area (Å²) in [5.74, 6) is -0.315. The van der Waals surface area contributed by atoms with Crippen molar-refractivity contribution in [3.8, 4) is 0 Å². The van der Waals surface area contributed by atoms with Crippen LogP contribution in [0.3, 0.4) is 0 Å². The normalized spacial score (nSPS) is 15.5. The molecule has 0 aliphatic rings. The Morgan fingerprint density at radius 2 is 1.95 bits per heavy atom. The number of ether oxygens (including phenoxy) is 2. The van der Waals surface area contributed by atoms with E-state index in [0.717, 1.165) is 5.56 Å². The summed E-state index contributed by atoms with van der Waals surface area (Å²) in [5, 5.41) is 10.2. The molecule has 4 nitrogen and oxygen atoms in total. The monoisotopic (exact) mass is 306 g/mol. The van der Waals surface area contributed by atoms with Gasteiger partial charge in [-0.15, -0.1) is 0 Å². The molecule has 3 atom stereocenters. The molecule has 0 aliphatic heterocycles. The van der Waals surface area contributed by atoms with Gasteiger partial charge in [-0.25, -0.2) is 0 Å². The van der Waals surface area contributed by atoms with Crippen LogP contribution in [-0.2, 0) is 20.9 Å². The van der Waals surface area contributed by atoms with Gasteiger partial charge in [0.1, 0.15) is 0 Å². The number of methoxy groups -OCH3 is 1. The zero-order chi connectivity index (χ0) is 16.4. The third-order valence-corrected chi connectivity index (χ3v) is 3.51. The maximum Gasteiger partial charge on any atom is 0.309 e. The fourth-order valence-corrected chi connectivity index (χ4v) is 2.03. The van der Waals surface area contributed by atoms with Crippen molar-refractivity contribution in [2.45, 2.75) is 45.5 Å². The molecular weight excluding hydrogens is 280 g/mol. The quantitative estimate of drug-likeness (QED) is 0.562. The number of aliphatic hydroxyl groups excluding tert-OH is 1. The van der Waals surface area contributed by atoms with Gasteiger partial charge < -0.3 is 14.6 Å². The molecule has 0 aliphatic carbocycles. The summed E-state index contributed by atoms with van der Waals surface area (Å²) in [6.07, 6.45) is 3.82. The van der Waals surface area contributed by atoms with Gasteiger partial charge >= 0.3 is 5.97 Å². The Bertz CT molecular complexity index is 455. The molecule has 0 aromatic heterocycles. The van der Waals surface area contributed by atoms with Crippen molar-refractivity contribution in [2.24, 2.45) is 5.92 Å². The number of benzene rings is 1. The summed E-state index contributed by atoms with van der Waals surface area (Å²) in [6, 6.07) is 9.96. The van der Waals surface area contributed by atoms with Gasteiger partial charge in [-0.05, 0) is 18.9 Å². The lowest BCUT2D eigenvalue weighted by Gasteiger charge is -2.20. The van der Waals surface area contributed by atoms with Crippen LogP contribution in [0.15, 0.2) is 42.5 Å². The molecule has 22 heavy (non-hydrogen) atoms. The van der Waals surface area contributed by atoms with E-state index in [1.54, 1.807) is 6.08 Å². The Kier molecular flexibility index (Phi) is 8.48. The fourth-order valence-electron chi connectivity index (χ4n) is 2.03. The number of carbonyl (C=O) groups excluding carboxylic acids is 1. The van der Waals surface area contributed by atoms with E-state index in [9.17, 15) is 9.90 Å². The molecule has 0 spiro atoms. The topological polar surface area (TPSA) is 55.8 Å². The van der Waals surface area contributed by atoms with E-state index in [4.69, 9.17) is 4.74 Å². The zero-order valence-corrected chi connectivity index (χ0v) is 13.6. The molecule has 0 amide bonds. The minimum atomic E-state index is -0.500. The summed E-state index contributed by atoms with van der Waals surface area (Å²) in [5.41, 5.74) is 1.12. The number of rotatable bonds is 9. The Labute approximate surface area is 132 Å². The highest BCUT2D eigenvalue weighted by molar-refractivity contribution is 5.70. The van der Waals surface area contributed by atoms with Gasteiger partial charge in [0.2, 0.25) is 0 Å². The highest BCUT2D eigenvalue weighted by atomic mass is 16.5. The first-order valence-electron chi connectivity index (χ1n) is 7.60. The largest absolute Gasteiger partial charge is 0.469 e. The lowest BCUT2D eigenvalue weighted by atomic mass is 9.99. The summed E-state index contributed by atoms with van der Waals surface area (Å²) < 4.78 is 10.3. The van der Waals surface area contributed by atoms with Crippen LogP contribution in [0.2, 0.25) is 0 Å². The minimum Gasteiger partial charge on any atom is -0.469 e. The van der Waals surface area contributed by atoms with Crippen LogP contribution in [-0.4, -0.2) is 30.4 Å². The first-order chi connectivity index (χ1) is 10.5. The second kappa shape index (κ2) is 10.1. The van der Waals surface area contributed by atoms with Gasteiger partial charge in [-0.2, -0.15) is 0 Å². The van der Waals surface area contributed by atoms with Gasteiger partial charge in [0.25, 0.3) is 0 Å². The molecule has 0 fully saturated rings. The van der Waals surface area contributed by atoms with Crippen molar-refractivity contribution in [2.75, 3.05) is 7.11 Å². The summed E-state index contributed by atoms with van der Waals surface area (Å²) in [7, 11) is 1.36. The van der Waals surface area contributed by atoms with Crippen molar-refractivity contribution >= 4 is 5.97 Å². The molecule has 0 saturated heterocycles. The van der Waals surface area contributed by atoms with E-state index in [-0.39, 0.29) is 24.4 Å². The summed E-state index contributed by atoms with van der Waals surface area (Å²) in [4.78, 5) is 11.0. The predicted octanol–water partition coefficient (Wildman–Crippen LogP) is 3.10. The van der Waals surface area contributed by atoms with Crippen LogP contribution in [0.25, 0.3) is 0 Å². The first-order valence-corrected chi connectivity index (χ1v) is 7.60. The summed E-state index contributed by atoms with van der Waals surface area (Å²) >= 11 is 0. The molecule has 1 aromatic rings. The predicted molar refractivity (Wildman–Crippen MR) is 86.3 cm³/mol. The third-order valence-electron chi connectivity index (χ3n) is 3.51. The van der Waals surface area contributed by atoms with Crippen LogP contribution in [0.4, 0.5) is 0 Å². The lowest BCUT2D eigenvalue weighted by Crippen LogP contribution is -2.23. The first kappa shape index (κ1) is 18.4. The summed E-state index contributed by atoms with van der Waals surface area (Å²) in [6.45, 7) is 4.42. The maximum absolute atomic E-state index is 11.0. The van der Waals surface area contributed by atoms with Crippen LogP contribution < -0.4 is 0 Å². The number of carbonyl (C=O) groups is 1. The average Bonchev–Trinajstić information content (AvgIpc) is 2.53. The van der Waals surface area contributed by atoms with E-state index in [0.29, 0.717) is 13.0 Å². The van der Waals surface area contributed by atoms with Gasteiger partial charge in [0.15, 0.2) is 0 Å². The number of esters is 1. The van der Waals surface area contributed by atoms with Gasteiger partial charge in [-0.3, -0.25) is 4.79 Å². The number of hydrogen-bond donors (Lipinski definition) is 1. The highest BCUT2D eigenvalue weighted by Gasteiger charge is 2.15. The van der Waals surface area contributed by atoms with Crippen molar-refractivity contribution in [3.63, 3.8) is 0 Å². The van der Waals surface area contributed by atoms with Crippen LogP contribution in [0.5, 0.6) is 0 Å². The second-order valence-electron chi connectivity index (χ2n) is 5.48. The molecular formula is C18H26O4. The molecule has 1 rings (SSSR count). The molecule has 1 N–H and O–H groups in total. The molecule has 0 radical (unpaired) electrons. The van der Waals surface area contributed by atoms with Crippen LogP contribution >= 0.6 is 0 Å². The average molecular weight is 306 g/mol. The molecule has 122 valence electrons. The zero-order valence-electron chi connectivity index (χ0n) is 13.6. The van der Waals surface area contributed by atoms with Gasteiger partial charge in [0, 0.05) is 5.92 Å². The molecule has 1 aromatic carbocycles. The number of hydrogen-bond acceptors (Lipinski definition) is 4. The minimum absolute atomic E-state index is 0.0348. The van der Waals surface area contributed by atoms with Gasteiger partial charge in [0.05, 0.1) is 32.3 Å². The van der Waals surface area contributed by atoms with E-state index in [1.165, 1.54) is 7.11 Å². The molecule has 0 saturated carbocycles. The Morgan fingerprint density at radius 1 is 1.27 bits per heavy atom. The Morgan fingerprint density at radius 3 is 2.59 bits per heavy atom. The van der Waals surface area contributed by atoms with Crippen molar-refractivity contribution < 1.29 is 19.4 Å². The van der Waals surface area contributed by atoms with Crippen molar-refractivity contribution in [3.05, 3.63) is 48.0 Å². The molecule has 0 heterocycles.